The van der Waals surface area contributed by atoms with Crippen LogP contribution in [0, 0.1) is 6.92 Å². The Labute approximate surface area is 174 Å². The number of fused-ring (bicyclic) bond motifs is 2. The lowest BCUT2D eigenvalue weighted by Crippen LogP contribution is -2.28. The molecule has 0 radical (unpaired) electrons. The highest BCUT2D eigenvalue weighted by molar-refractivity contribution is 6.06. The van der Waals surface area contributed by atoms with Crippen molar-refractivity contribution in [2.24, 2.45) is 7.05 Å². The van der Waals surface area contributed by atoms with E-state index in [2.05, 4.69) is 22.5 Å². The van der Waals surface area contributed by atoms with Gasteiger partial charge in [-0.2, -0.15) is 5.10 Å². The van der Waals surface area contributed by atoms with Crippen molar-refractivity contribution < 1.29 is 9.53 Å². The van der Waals surface area contributed by atoms with Crippen LogP contribution >= 0.6 is 0 Å². The quantitative estimate of drug-likeness (QED) is 0.495. The summed E-state index contributed by atoms with van der Waals surface area (Å²) in [6.45, 7) is 2.74. The predicted molar refractivity (Wildman–Crippen MR) is 117 cm³/mol. The Morgan fingerprint density at radius 3 is 2.83 bits per heavy atom. The van der Waals surface area contributed by atoms with Crippen LogP contribution in [0.5, 0.6) is 5.75 Å². The van der Waals surface area contributed by atoms with E-state index in [0.717, 1.165) is 51.8 Å². The molecule has 152 valence electrons. The zero-order valence-corrected chi connectivity index (χ0v) is 17.2. The molecule has 2 aromatic heterocycles. The number of nitrogens with zero attached hydrogens (tertiary/aromatic N) is 3. The van der Waals surface area contributed by atoms with Gasteiger partial charge in [0.15, 0.2) is 5.65 Å². The van der Waals surface area contributed by atoms with E-state index in [-0.39, 0.29) is 5.91 Å². The summed E-state index contributed by atoms with van der Waals surface area (Å²) in [5.41, 5.74) is 3.23. The number of nitrogens with one attached hydrogen (secondary N) is 1. The molecule has 1 aliphatic rings. The Morgan fingerprint density at radius 2 is 2.00 bits per heavy atom. The van der Waals surface area contributed by atoms with Gasteiger partial charge < -0.3 is 10.1 Å². The Kier molecular flexibility index (Phi) is 4.62. The van der Waals surface area contributed by atoms with Crippen molar-refractivity contribution in [1.82, 2.24) is 20.1 Å². The van der Waals surface area contributed by atoms with Gasteiger partial charge in [0.2, 0.25) is 0 Å². The molecule has 2 aromatic carbocycles. The van der Waals surface area contributed by atoms with Crippen LogP contribution in [0.25, 0.3) is 21.8 Å². The molecule has 1 aliphatic carbocycles. The smallest absolute Gasteiger partial charge is 0.252 e. The normalized spacial score (nSPS) is 13.7. The molecule has 0 aliphatic heterocycles. The molecule has 1 N–H and O–H groups in total. The van der Waals surface area contributed by atoms with E-state index in [1.165, 1.54) is 0 Å². The SMILES string of the molecule is Cc1nn(C)c2nc(C3CC3)cc(C(=O)NCCOc3cccc4ccccc34)c12. The van der Waals surface area contributed by atoms with Crippen molar-refractivity contribution in [2.45, 2.75) is 25.7 Å². The number of benzene rings is 2. The molecule has 6 heteroatoms. The number of hydrogen-bond acceptors (Lipinski definition) is 4. The molecule has 1 saturated carbocycles. The van der Waals surface area contributed by atoms with E-state index in [4.69, 9.17) is 9.72 Å². The maximum atomic E-state index is 13.0. The summed E-state index contributed by atoms with van der Waals surface area (Å²) in [5.74, 6) is 1.18. The molecule has 30 heavy (non-hydrogen) atoms. The third-order valence-electron chi connectivity index (χ3n) is 5.62. The van der Waals surface area contributed by atoms with Crippen molar-refractivity contribution in [3.8, 4) is 5.75 Å². The zero-order valence-electron chi connectivity index (χ0n) is 17.2. The second-order valence-electron chi connectivity index (χ2n) is 7.86. The first-order chi connectivity index (χ1) is 14.6. The Hall–Kier alpha value is -3.41. The number of carbonyl (C=O) groups excluding carboxylic acids is 1. The number of carbonyl (C=O) groups is 1. The van der Waals surface area contributed by atoms with E-state index in [1.54, 1.807) is 4.68 Å². The van der Waals surface area contributed by atoms with Crippen LogP contribution in [0.1, 0.15) is 40.5 Å². The number of hydrogen-bond donors (Lipinski definition) is 1. The third-order valence-corrected chi connectivity index (χ3v) is 5.62. The molecule has 2 heterocycles. The summed E-state index contributed by atoms with van der Waals surface area (Å²) >= 11 is 0. The van der Waals surface area contributed by atoms with Crippen LogP contribution in [0.2, 0.25) is 0 Å². The Bertz CT molecular complexity index is 1250. The fourth-order valence-electron chi connectivity index (χ4n) is 3.97. The molecule has 1 amide bonds. The Morgan fingerprint density at radius 1 is 1.20 bits per heavy atom. The highest BCUT2D eigenvalue weighted by atomic mass is 16.5. The molecule has 0 unspecified atom stereocenters. The summed E-state index contributed by atoms with van der Waals surface area (Å²) in [6, 6.07) is 16.1. The number of rotatable bonds is 6. The second kappa shape index (κ2) is 7.44. The summed E-state index contributed by atoms with van der Waals surface area (Å²) in [5, 5.41) is 10.5. The lowest BCUT2D eigenvalue weighted by atomic mass is 10.1. The summed E-state index contributed by atoms with van der Waals surface area (Å²) in [6.07, 6.45) is 2.27. The first-order valence-electron chi connectivity index (χ1n) is 10.3. The maximum Gasteiger partial charge on any atom is 0.252 e. The highest BCUT2D eigenvalue weighted by Gasteiger charge is 2.28. The van der Waals surface area contributed by atoms with E-state index in [1.807, 2.05) is 50.4 Å². The average Bonchev–Trinajstić information content (AvgIpc) is 3.57. The van der Waals surface area contributed by atoms with Crippen molar-refractivity contribution in [2.75, 3.05) is 13.2 Å². The van der Waals surface area contributed by atoms with Gasteiger partial charge in [0.05, 0.1) is 23.2 Å². The van der Waals surface area contributed by atoms with Gasteiger partial charge in [0.1, 0.15) is 12.4 Å². The first kappa shape index (κ1) is 18.6. The second-order valence-corrected chi connectivity index (χ2v) is 7.86. The minimum atomic E-state index is -0.109. The van der Waals surface area contributed by atoms with Gasteiger partial charge in [-0.1, -0.05) is 36.4 Å². The molecule has 5 rings (SSSR count). The van der Waals surface area contributed by atoms with Gasteiger partial charge in [-0.25, -0.2) is 4.98 Å². The van der Waals surface area contributed by atoms with Crippen LogP contribution in [-0.4, -0.2) is 33.8 Å². The number of pyridine rings is 1. The van der Waals surface area contributed by atoms with Crippen molar-refractivity contribution in [3.05, 3.63) is 65.5 Å². The minimum Gasteiger partial charge on any atom is -0.491 e. The molecule has 1 fully saturated rings. The van der Waals surface area contributed by atoms with Crippen molar-refractivity contribution in [3.63, 3.8) is 0 Å². The fraction of sp³-hybridized carbons (Fsp3) is 0.292. The van der Waals surface area contributed by atoms with Crippen LogP contribution in [0.4, 0.5) is 0 Å². The van der Waals surface area contributed by atoms with Crippen LogP contribution < -0.4 is 10.1 Å². The van der Waals surface area contributed by atoms with Gasteiger partial charge in [-0.05, 0) is 37.3 Å². The average molecular weight is 400 g/mol. The van der Waals surface area contributed by atoms with Gasteiger partial charge in [0.25, 0.3) is 5.91 Å². The van der Waals surface area contributed by atoms with Gasteiger partial charge in [0, 0.05) is 24.0 Å². The number of aryl methyl sites for hydroxylation is 2. The molecule has 0 atom stereocenters. The summed E-state index contributed by atoms with van der Waals surface area (Å²) in [7, 11) is 1.87. The number of ether oxygens (including phenoxy) is 1. The Balaban J connectivity index is 1.31. The number of amides is 1. The van der Waals surface area contributed by atoms with Crippen molar-refractivity contribution >= 4 is 27.7 Å². The molecule has 0 bridgehead atoms. The first-order valence-corrected chi connectivity index (χ1v) is 10.3. The van der Waals surface area contributed by atoms with Crippen LogP contribution in [0.3, 0.4) is 0 Å². The minimum absolute atomic E-state index is 0.109. The molecular weight excluding hydrogens is 376 g/mol. The predicted octanol–water partition coefficient (Wildman–Crippen LogP) is 4.12. The molecular formula is C24H24N4O2. The maximum absolute atomic E-state index is 13.0. The third kappa shape index (κ3) is 3.38. The monoisotopic (exact) mass is 400 g/mol. The van der Waals surface area contributed by atoms with E-state index in [9.17, 15) is 4.79 Å². The fourth-order valence-corrected chi connectivity index (χ4v) is 3.97. The van der Waals surface area contributed by atoms with E-state index >= 15 is 0 Å². The van der Waals surface area contributed by atoms with Crippen LogP contribution in [-0.2, 0) is 7.05 Å². The molecule has 0 saturated heterocycles. The van der Waals surface area contributed by atoms with E-state index in [0.29, 0.717) is 24.6 Å². The molecule has 4 aromatic rings. The zero-order chi connectivity index (χ0) is 20.7. The van der Waals surface area contributed by atoms with Gasteiger partial charge >= 0.3 is 0 Å². The highest BCUT2D eigenvalue weighted by Crippen LogP contribution is 2.40. The molecule has 6 nitrogen and oxygen atoms in total. The van der Waals surface area contributed by atoms with Gasteiger partial charge in [-0.3, -0.25) is 9.48 Å². The van der Waals surface area contributed by atoms with E-state index < -0.39 is 0 Å². The van der Waals surface area contributed by atoms with Crippen molar-refractivity contribution in [1.29, 1.82) is 0 Å². The lowest BCUT2D eigenvalue weighted by Gasteiger charge is -2.11. The topological polar surface area (TPSA) is 69.0 Å². The largest absolute Gasteiger partial charge is 0.491 e. The lowest BCUT2D eigenvalue weighted by molar-refractivity contribution is 0.0948. The standard InChI is InChI=1S/C24H24N4O2/c1-15-22-19(14-20(17-10-11-17)26-23(22)28(2)27-15)24(29)25-12-13-30-21-9-5-7-16-6-3-4-8-18(16)21/h3-9,14,17H,10-13H2,1-2H3,(H,25,29). The summed E-state index contributed by atoms with van der Waals surface area (Å²) in [4.78, 5) is 17.8. The van der Waals surface area contributed by atoms with Gasteiger partial charge in [-0.15, -0.1) is 0 Å². The number of aromatic nitrogens is 3. The van der Waals surface area contributed by atoms with Crippen LogP contribution in [0.15, 0.2) is 48.5 Å². The molecule has 0 spiro atoms. The summed E-state index contributed by atoms with van der Waals surface area (Å²) < 4.78 is 7.71.